The Balaban J connectivity index is 2.30. The lowest BCUT2D eigenvalue weighted by Gasteiger charge is -2.13. The summed E-state index contributed by atoms with van der Waals surface area (Å²) in [6.07, 6.45) is 0. The van der Waals surface area contributed by atoms with Crippen molar-refractivity contribution in [1.29, 1.82) is 5.26 Å². The van der Waals surface area contributed by atoms with Gasteiger partial charge in [0.05, 0.1) is 12.6 Å². The van der Waals surface area contributed by atoms with Crippen LogP contribution in [0.3, 0.4) is 0 Å². The predicted molar refractivity (Wildman–Crippen MR) is 57.3 cm³/mol. The molecule has 0 amide bonds. The quantitative estimate of drug-likeness (QED) is 0.663. The molecule has 1 saturated heterocycles. The van der Waals surface area contributed by atoms with Crippen molar-refractivity contribution in [2.24, 2.45) is 0 Å². The van der Waals surface area contributed by atoms with Crippen LogP contribution in [-0.2, 0) is 0 Å². The van der Waals surface area contributed by atoms with E-state index in [1.54, 1.807) is 0 Å². The third kappa shape index (κ3) is 1.46. The minimum atomic E-state index is 0.106. The fourth-order valence-electron chi connectivity index (χ4n) is 1.75. The largest absolute Gasteiger partial charge is 0.351 e. The molecule has 0 N–H and O–H groups in total. The molecule has 2 heteroatoms. The third-order valence-corrected chi connectivity index (χ3v) is 2.63. The molecule has 1 fully saturated rings. The van der Waals surface area contributed by atoms with Crippen LogP contribution in [0.25, 0.3) is 0 Å². The number of hydrogen-bond acceptors (Lipinski definition) is 2. The second-order valence-corrected chi connectivity index (χ2v) is 4.01. The Morgan fingerprint density at radius 1 is 1.43 bits per heavy atom. The molecule has 1 unspecified atom stereocenters. The van der Waals surface area contributed by atoms with Crippen molar-refractivity contribution in [3.05, 3.63) is 29.8 Å². The van der Waals surface area contributed by atoms with Gasteiger partial charge >= 0.3 is 0 Å². The minimum absolute atomic E-state index is 0.106. The fraction of sp³-hybridized carbons (Fsp3) is 0.417. The maximum Gasteiger partial charge on any atom is 0.134 e. The van der Waals surface area contributed by atoms with Crippen LogP contribution in [0.15, 0.2) is 24.3 Å². The van der Waals surface area contributed by atoms with Gasteiger partial charge < -0.3 is 4.90 Å². The zero-order valence-electron chi connectivity index (χ0n) is 8.57. The summed E-state index contributed by atoms with van der Waals surface area (Å²) in [6.45, 7) is 5.26. The first-order valence-corrected chi connectivity index (χ1v) is 4.99. The van der Waals surface area contributed by atoms with Gasteiger partial charge in [0.15, 0.2) is 0 Å². The number of para-hydroxylation sites is 1. The van der Waals surface area contributed by atoms with Gasteiger partial charge in [0.2, 0.25) is 0 Å². The molecule has 2 rings (SSSR count). The van der Waals surface area contributed by atoms with Gasteiger partial charge in [-0.3, -0.25) is 0 Å². The summed E-state index contributed by atoms with van der Waals surface area (Å²) in [6, 6.07) is 10.7. The molecule has 0 radical (unpaired) electrons. The Labute approximate surface area is 84.8 Å². The lowest BCUT2D eigenvalue weighted by atomic mass is 10.0. The molecule has 1 atom stereocenters. The van der Waals surface area contributed by atoms with Crippen molar-refractivity contribution < 1.29 is 0 Å². The molecule has 14 heavy (non-hydrogen) atoms. The Kier molecular flexibility index (Phi) is 2.17. The molecular formula is C12H14N2. The maximum absolute atomic E-state index is 8.78. The van der Waals surface area contributed by atoms with Crippen LogP contribution in [-0.4, -0.2) is 12.6 Å². The Bertz CT molecular complexity index is 376. The van der Waals surface area contributed by atoms with Crippen LogP contribution in [0.2, 0.25) is 0 Å². The zero-order valence-corrected chi connectivity index (χ0v) is 8.57. The number of hydrogen-bond donors (Lipinski definition) is 0. The number of benzene rings is 1. The minimum Gasteiger partial charge on any atom is -0.351 e. The third-order valence-electron chi connectivity index (χ3n) is 2.63. The van der Waals surface area contributed by atoms with E-state index in [4.69, 9.17) is 5.26 Å². The number of anilines is 1. The first kappa shape index (κ1) is 9.08. The van der Waals surface area contributed by atoms with Gasteiger partial charge in [-0.1, -0.05) is 32.0 Å². The highest BCUT2D eigenvalue weighted by molar-refractivity contribution is 5.62. The van der Waals surface area contributed by atoms with Crippen LogP contribution in [0.1, 0.15) is 25.3 Å². The normalized spacial score (nSPS) is 19.6. The Hall–Kier alpha value is -1.49. The second kappa shape index (κ2) is 3.34. The van der Waals surface area contributed by atoms with E-state index >= 15 is 0 Å². The van der Waals surface area contributed by atoms with E-state index in [1.807, 2.05) is 6.07 Å². The summed E-state index contributed by atoms with van der Waals surface area (Å²) >= 11 is 0. The smallest absolute Gasteiger partial charge is 0.134 e. The Morgan fingerprint density at radius 2 is 2.14 bits per heavy atom. The highest BCUT2D eigenvalue weighted by atomic mass is 15.3. The molecule has 1 aromatic carbocycles. The summed E-state index contributed by atoms with van der Waals surface area (Å²) in [5.41, 5.74) is 2.57. The van der Waals surface area contributed by atoms with Crippen molar-refractivity contribution in [3.63, 3.8) is 0 Å². The van der Waals surface area contributed by atoms with E-state index in [0.717, 1.165) is 6.54 Å². The maximum atomic E-state index is 8.78. The van der Waals surface area contributed by atoms with Crippen molar-refractivity contribution in [2.75, 3.05) is 11.4 Å². The van der Waals surface area contributed by atoms with Gasteiger partial charge in [0, 0.05) is 5.69 Å². The van der Waals surface area contributed by atoms with Crippen molar-refractivity contribution >= 4 is 5.69 Å². The summed E-state index contributed by atoms with van der Waals surface area (Å²) in [5.74, 6) is 0.520. The SMILES string of the molecule is CC(C)c1ccccc1N1CC1C#N. The van der Waals surface area contributed by atoms with E-state index in [-0.39, 0.29) is 6.04 Å². The number of rotatable bonds is 2. The van der Waals surface area contributed by atoms with Crippen molar-refractivity contribution in [2.45, 2.75) is 25.8 Å². The van der Waals surface area contributed by atoms with E-state index in [0.29, 0.717) is 5.92 Å². The molecular weight excluding hydrogens is 172 g/mol. The fourth-order valence-corrected chi connectivity index (χ4v) is 1.75. The Morgan fingerprint density at radius 3 is 2.71 bits per heavy atom. The molecule has 72 valence electrons. The van der Waals surface area contributed by atoms with Crippen LogP contribution in [0, 0.1) is 11.3 Å². The van der Waals surface area contributed by atoms with Crippen molar-refractivity contribution in [3.8, 4) is 6.07 Å². The molecule has 0 aliphatic carbocycles. The van der Waals surface area contributed by atoms with Crippen LogP contribution < -0.4 is 4.90 Å². The van der Waals surface area contributed by atoms with Gasteiger partial charge in [0.25, 0.3) is 0 Å². The summed E-state index contributed by atoms with van der Waals surface area (Å²) < 4.78 is 0. The summed E-state index contributed by atoms with van der Waals surface area (Å²) in [5, 5.41) is 8.78. The van der Waals surface area contributed by atoms with Gasteiger partial charge in [-0.25, -0.2) is 0 Å². The van der Waals surface area contributed by atoms with Gasteiger partial charge in [0.1, 0.15) is 6.04 Å². The van der Waals surface area contributed by atoms with E-state index in [1.165, 1.54) is 11.3 Å². The number of nitriles is 1. The molecule has 1 aliphatic heterocycles. The van der Waals surface area contributed by atoms with Crippen LogP contribution >= 0.6 is 0 Å². The highest BCUT2D eigenvalue weighted by Gasteiger charge is 2.35. The first-order valence-electron chi connectivity index (χ1n) is 4.99. The molecule has 0 aromatic heterocycles. The van der Waals surface area contributed by atoms with E-state index in [2.05, 4.69) is 43.0 Å². The van der Waals surface area contributed by atoms with E-state index in [9.17, 15) is 0 Å². The molecule has 1 aromatic rings. The summed E-state index contributed by atoms with van der Waals surface area (Å²) in [4.78, 5) is 2.15. The highest BCUT2D eigenvalue weighted by Crippen LogP contribution is 2.34. The van der Waals surface area contributed by atoms with Crippen LogP contribution in [0.5, 0.6) is 0 Å². The average Bonchev–Trinajstić information content (AvgIpc) is 2.96. The van der Waals surface area contributed by atoms with E-state index < -0.39 is 0 Å². The molecule has 0 bridgehead atoms. The molecule has 1 heterocycles. The first-order chi connectivity index (χ1) is 6.74. The zero-order chi connectivity index (χ0) is 10.1. The van der Waals surface area contributed by atoms with Gasteiger partial charge in [-0.05, 0) is 17.5 Å². The van der Waals surface area contributed by atoms with Gasteiger partial charge in [-0.2, -0.15) is 5.26 Å². The molecule has 2 nitrogen and oxygen atoms in total. The average molecular weight is 186 g/mol. The molecule has 0 spiro atoms. The van der Waals surface area contributed by atoms with Crippen molar-refractivity contribution in [1.82, 2.24) is 0 Å². The molecule has 1 aliphatic rings. The standard InChI is InChI=1S/C12H14N2/c1-9(2)11-5-3-4-6-12(11)14-8-10(14)7-13/h3-6,9-10H,8H2,1-2H3. The molecule has 0 saturated carbocycles. The predicted octanol–water partition coefficient (Wildman–Crippen LogP) is 2.52. The topological polar surface area (TPSA) is 26.8 Å². The summed E-state index contributed by atoms with van der Waals surface area (Å²) in [7, 11) is 0. The van der Waals surface area contributed by atoms with Crippen LogP contribution in [0.4, 0.5) is 5.69 Å². The lowest BCUT2D eigenvalue weighted by Crippen LogP contribution is -2.01. The monoisotopic (exact) mass is 186 g/mol. The second-order valence-electron chi connectivity index (χ2n) is 4.01. The van der Waals surface area contributed by atoms with Gasteiger partial charge in [-0.15, -0.1) is 0 Å². The lowest BCUT2D eigenvalue weighted by molar-refractivity contribution is 0.864. The number of nitrogens with zero attached hydrogens (tertiary/aromatic N) is 2.